The van der Waals surface area contributed by atoms with Crippen molar-refractivity contribution in [1.82, 2.24) is 9.97 Å². The van der Waals surface area contributed by atoms with E-state index in [-0.39, 0.29) is 16.7 Å². The van der Waals surface area contributed by atoms with E-state index in [0.29, 0.717) is 22.5 Å². The molecule has 0 aliphatic heterocycles. The van der Waals surface area contributed by atoms with Gasteiger partial charge in [-0.3, -0.25) is 9.69 Å². The van der Waals surface area contributed by atoms with Crippen LogP contribution in [0.3, 0.4) is 0 Å². The Balaban J connectivity index is 2.10. The molecule has 1 heterocycles. The number of anilines is 2. The number of carbonyl (C=O) groups excluding carboxylic acids is 1. The molecule has 1 aliphatic carbocycles. The number of halogens is 1. The fourth-order valence-corrected chi connectivity index (χ4v) is 4.33. The molecule has 6 nitrogen and oxygen atoms in total. The Morgan fingerprint density at radius 3 is 2.41 bits per heavy atom. The van der Waals surface area contributed by atoms with E-state index in [9.17, 15) is 13.2 Å². The number of hydrogen-bond donors (Lipinski definition) is 0. The molecule has 0 bridgehead atoms. The lowest BCUT2D eigenvalue weighted by Crippen LogP contribution is -2.28. The van der Waals surface area contributed by atoms with Crippen LogP contribution in [0.25, 0.3) is 0 Å². The van der Waals surface area contributed by atoms with Crippen molar-refractivity contribution in [3.8, 4) is 0 Å². The number of aromatic nitrogens is 2. The van der Waals surface area contributed by atoms with Gasteiger partial charge in [0.25, 0.3) is 0 Å². The molecule has 144 valence electrons. The van der Waals surface area contributed by atoms with Crippen molar-refractivity contribution in [1.29, 1.82) is 0 Å². The lowest BCUT2D eigenvalue weighted by atomic mass is 10.0. The summed E-state index contributed by atoms with van der Waals surface area (Å²) in [5, 5.41) is 0. The van der Waals surface area contributed by atoms with Gasteiger partial charge in [0.2, 0.25) is 5.91 Å². The summed E-state index contributed by atoms with van der Waals surface area (Å²) in [5.41, 5.74) is 1.40. The predicted molar refractivity (Wildman–Crippen MR) is 108 cm³/mol. The molecule has 1 aromatic carbocycles. The molecule has 0 atom stereocenters. The van der Waals surface area contributed by atoms with Crippen molar-refractivity contribution >= 4 is 43.2 Å². The summed E-state index contributed by atoms with van der Waals surface area (Å²) in [6.07, 6.45) is 7.39. The van der Waals surface area contributed by atoms with Gasteiger partial charge in [0.1, 0.15) is 4.60 Å². The first-order valence-corrected chi connectivity index (χ1v) is 11.6. The highest BCUT2D eigenvalue weighted by Crippen LogP contribution is 2.39. The van der Waals surface area contributed by atoms with Crippen LogP contribution in [0.15, 0.2) is 40.0 Å². The minimum Gasteiger partial charge on any atom is -0.274 e. The van der Waals surface area contributed by atoms with E-state index < -0.39 is 9.84 Å². The highest BCUT2D eigenvalue weighted by atomic mass is 79.9. The molecule has 1 aliphatic rings. The van der Waals surface area contributed by atoms with E-state index in [1.54, 1.807) is 30.2 Å². The van der Waals surface area contributed by atoms with Crippen LogP contribution in [-0.4, -0.2) is 30.5 Å². The summed E-state index contributed by atoms with van der Waals surface area (Å²) in [5.74, 6) is 0.689. The Kier molecular flexibility index (Phi) is 5.95. The maximum Gasteiger partial charge on any atom is 0.232 e. The Labute approximate surface area is 168 Å². The number of carbonyl (C=O) groups is 1. The smallest absolute Gasteiger partial charge is 0.232 e. The number of nitrogens with zero attached hydrogens (tertiary/aromatic N) is 3. The lowest BCUT2D eigenvalue weighted by Gasteiger charge is -2.25. The molecular formula is C19H22BrN3O3S. The summed E-state index contributed by atoms with van der Waals surface area (Å²) in [6.45, 7) is 1.79. The highest BCUT2D eigenvalue weighted by Gasteiger charge is 2.28. The SMILES string of the molecule is CCC(=O)N(c1ccc(S(C)(=O)=O)cc1)c1ncc(Br)nc1C1CCCC1. The quantitative estimate of drug-likeness (QED) is 0.673. The van der Waals surface area contributed by atoms with Gasteiger partial charge < -0.3 is 0 Å². The van der Waals surface area contributed by atoms with Crippen LogP contribution in [0.1, 0.15) is 50.6 Å². The average Bonchev–Trinajstić information content (AvgIpc) is 3.17. The van der Waals surface area contributed by atoms with E-state index in [4.69, 9.17) is 0 Å². The van der Waals surface area contributed by atoms with Crippen molar-refractivity contribution in [2.45, 2.75) is 49.8 Å². The molecule has 1 fully saturated rings. The van der Waals surface area contributed by atoms with Crippen LogP contribution in [0.4, 0.5) is 11.5 Å². The van der Waals surface area contributed by atoms with Gasteiger partial charge in [-0.25, -0.2) is 18.4 Å². The molecule has 0 radical (unpaired) electrons. The van der Waals surface area contributed by atoms with E-state index in [0.717, 1.165) is 37.6 Å². The molecule has 1 saturated carbocycles. The van der Waals surface area contributed by atoms with Crippen molar-refractivity contribution in [3.63, 3.8) is 0 Å². The summed E-state index contributed by atoms with van der Waals surface area (Å²) in [6, 6.07) is 6.32. The average molecular weight is 452 g/mol. The molecule has 0 unspecified atom stereocenters. The second-order valence-corrected chi connectivity index (χ2v) is 9.56. The zero-order valence-electron chi connectivity index (χ0n) is 15.4. The number of sulfone groups is 1. The molecule has 0 spiro atoms. The summed E-state index contributed by atoms with van der Waals surface area (Å²) < 4.78 is 24.1. The van der Waals surface area contributed by atoms with Crippen LogP contribution in [0.5, 0.6) is 0 Å². The third-order valence-electron chi connectivity index (χ3n) is 4.78. The van der Waals surface area contributed by atoms with Gasteiger partial charge in [0.05, 0.1) is 22.5 Å². The number of amides is 1. The van der Waals surface area contributed by atoms with E-state index >= 15 is 0 Å². The molecule has 8 heteroatoms. The Morgan fingerprint density at radius 2 is 1.85 bits per heavy atom. The molecule has 3 rings (SSSR count). The van der Waals surface area contributed by atoms with E-state index in [2.05, 4.69) is 25.9 Å². The molecular weight excluding hydrogens is 430 g/mol. The van der Waals surface area contributed by atoms with Crippen molar-refractivity contribution < 1.29 is 13.2 Å². The van der Waals surface area contributed by atoms with E-state index in [1.165, 1.54) is 12.1 Å². The minimum atomic E-state index is -3.30. The van der Waals surface area contributed by atoms with Crippen LogP contribution in [0, 0.1) is 0 Å². The second kappa shape index (κ2) is 8.06. The Morgan fingerprint density at radius 1 is 1.22 bits per heavy atom. The third-order valence-corrected chi connectivity index (χ3v) is 6.29. The first kappa shape index (κ1) is 19.9. The van der Waals surface area contributed by atoms with Crippen molar-refractivity contribution in [2.75, 3.05) is 11.2 Å². The Hall–Kier alpha value is -1.80. The van der Waals surface area contributed by atoms with Crippen molar-refractivity contribution in [2.24, 2.45) is 0 Å². The molecule has 0 N–H and O–H groups in total. The lowest BCUT2D eigenvalue weighted by molar-refractivity contribution is -0.117. The molecule has 1 amide bonds. The first-order valence-electron chi connectivity index (χ1n) is 8.96. The van der Waals surface area contributed by atoms with Crippen LogP contribution < -0.4 is 4.90 Å². The fraction of sp³-hybridized carbons (Fsp3) is 0.421. The topological polar surface area (TPSA) is 80.2 Å². The van der Waals surface area contributed by atoms with E-state index in [1.807, 2.05) is 0 Å². The van der Waals surface area contributed by atoms with Crippen LogP contribution in [-0.2, 0) is 14.6 Å². The van der Waals surface area contributed by atoms with Gasteiger partial charge >= 0.3 is 0 Å². The zero-order chi connectivity index (χ0) is 19.6. The Bertz CT molecular complexity index is 939. The zero-order valence-corrected chi connectivity index (χ0v) is 17.8. The molecule has 0 saturated heterocycles. The van der Waals surface area contributed by atoms with Gasteiger partial charge in [-0.2, -0.15) is 0 Å². The van der Waals surface area contributed by atoms with Crippen molar-refractivity contribution in [3.05, 3.63) is 40.8 Å². The highest BCUT2D eigenvalue weighted by molar-refractivity contribution is 9.10. The molecule has 27 heavy (non-hydrogen) atoms. The molecule has 1 aromatic heterocycles. The second-order valence-electron chi connectivity index (χ2n) is 6.73. The summed E-state index contributed by atoms with van der Waals surface area (Å²) in [7, 11) is -3.30. The van der Waals surface area contributed by atoms with Gasteiger partial charge in [0.15, 0.2) is 15.7 Å². The molecule has 2 aromatic rings. The normalized spacial score (nSPS) is 15.1. The summed E-state index contributed by atoms with van der Waals surface area (Å²) >= 11 is 3.39. The largest absolute Gasteiger partial charge is 0.274 e. The van der Waals surface area contributed by atoms with Gasteiger partial charge in [0, 0.05) is 18.6 Å². The monoisotopic (exact) mass is 451 g/mol. The maximum absolute atomic E-state index is 12.8. The summed E-state index contributed by atoms with van der Waals surface area (Å²) in [4.78, 5) is 23.7. The van der Waals surface area contributed by atoms with Gasteiger partial charge in [-0.15, -0.1) is 0 Å². The predicted octanol–water partition coefficient (Wildman–Crippen LogP) is 4.37. The standard InChI is InChI=1S/C19H22BrN3O3S/c1-3-17(24)23(14-8-10-15(11-9-14)27(2,25)26)19-18(13-6-4-5-7-13)22-16(20)12-21-19/h8-13H,3-7H2,1-2H3. The first-order chi connectivity index (χ1) is 12.8. The fourth-order valence-electron chi connectivity index (χ4n) is 3.40. The number of rotatable bonds is 5. The van der Waals surface area contributed by atoms with Gasteiger partial charge in [-0.05, 0) is 53.0 Å². The minimum absolute atomic E-state index is 0.113. The number of hydrogen-bond acceptors (Lipinski definition) is 5. The van der Waals surface area contributed by atoms with Crippen LogP contribution in [0.2, 0.25) is 0 Å². The van der Waals surface area contributed by atoms with Crippen LogP contribution >= 0.6 is 15.9 Å². The maximum atomic E-state index is 12.8. The third kappa shape index (κ3) is 4.38. The number of benzene rings is 1. The van der Waals surface area contributed by atoms with Gasteiger partial charge in [-0.1, -0.05) is 19.8 Å².